The Bertz CT molecular complexity index is 629. The number of aryl methyl sites for hydroxylation is 1. The highest BCUT2D eigenvalue weighted by molar-refractivity contribution is 5.47. The average molecular weight is 300 g/mol. The van der Waals surface area contributed by atoms with Gasteiger partial charge in [-0.05, 0) is 6.92 Å². The fraction of sp³-hybridized carbons (Fsp3) is 0.583. The molecule has 1 aliphatic heterocycles. The van der Waals surface area contributed by atoms with E-state index in [2.05, 4.69) is 15.1 Å². The van der Waals surface area contributed by atoms with Gasteiger partial charge in [-0.1, -0.05) is 0 Å². The molecule has 3 heterocycles. The van der Waals surface area contributed by atoms with Crippen molar-refractivity contribution in [2.75, 3.05) is 37.6 Å². The second-order valence-corrected chi connectivity index (χ2v) is 5.11. The Morgan fingerprint density at radius 2 is 1.90 bits per heavy atom. The van der Waals surface area contributed by atoms with Crippen LogP contribution in [0.1, 0.15) is 5.69 Å². The minimum atomic E-state index is -4.14. The Morgan fingerprint density at radius 3 is 2.57 bits per heavy atom. The molecule has 21 heavy (non-hydrogen) atoms. The van der Waals surface area contributed by atoms with Gasteiger partial charge in [0, 0.05) is 37.9 Å². The number of fused-ring (bicyclic) bond motifs is 1. The zero-order chi connectivity index (χ0) is 15.0. The Morgan fingerprint density at radius 1 is 1.19 bits per heavy atom. The van der Waals surface area contributed by atoms with E-state index in [1.165, 1.54) is 11.2 Å². The van der Waals surface area contributed by atoms with Crippen molar-refractivity contribution in [1.29, 1.82) is 0 Å². The molecule has 1 aliphatic rings. The van der Waals surface area contributed by atoms with Crippen LogP contribution in [0.5, 0.6) is 0 Å². The maximum Gasteiger partial charge on any atom is 0.401 e. The molecule has 0 N–H and O–H groups in total. The molecule has 0 bridgehead atoms. The van der Waals surface area contributed by atoms with Crippen molar-refractivity contribution in [1.82, 2.24) is 24.5 Å². The van der Waals surface area contributed by atoms with E-state index in [0.29, 0.717) is 32.0 Å². The lowest BCUT2D eigenvalue weighted by atomic mass is 10.3. The van der Waals surface area contributed by atoms with Crippen molar-refractivity contribution in [3.05, 3.63) is 18.1 Å². The number of rotatable bonds is 2. The zero-order valence-corrected chi connectivity index (χ0v) is 11.5. The summed E-state index contributed by atoms with van der Waals surface area (Å²) in [5.74, 6) is 1.32. The van der Waals surface area contributed by atoms with Crippen molar-refractivity contribution < 1.29 is 13.2 Å². The van der Waals surface area contributed by atoms with Gasteiger partial charge in [0.25, 0.3) is 5.78 Å². The summed E-state index contributed by atoms with van der Waals surface area (Å²) >= 11 is 0. The number of piperazine rings is 1. The summed E-state index contributed by atoms with van der Waals surface area (Å²) in [5, 5.41) is 4.12. The second-order valence-electron chi connectivity index (χ2n) is 5.11. The van der Waals surface area contributed by atoms with Gasteiger partial charge >= 0.3 is 6.18 Å². The smallest absolute Gasteiger partial charge is 0.354 e. The van der Waals surface area contributed by atoms with Gasteiger partial charge < -0.3 is 4.90 Å². The summed E-state index contributed by atoms with van der Waals surface area (Å²) in [6, 6.07) is 1.88. The molecule has 6 nitrogen and oxygen atoms in total. The maximum absolute atomic E-state index is 12.4. The highest BCUT2D eigenvalue weighted by Gasteiger charge is 2.32. The lowest BCUT2D eigenvalue weighted by molar-refractivity contribution is -0.146. The van der Waals surface area contributed by atoms with Crippen molar-refractivity contribution in [3.63, 3.8) is 0 Å². The maximum atomic E-state index is 12.4. The predicted molar refractivity (Wildman–Crippen MR) is 70.2 cm³/mol. The second kappa shape index (κ2) is 5.14. The van der Waals surface area contributed by atoms with Gasteiger partial charge in [0.15, 0.2) is 0 Å². The standard InChI is InChI=1S/C12H15F3N6/c1-9-6-10(21-11(18-9)16-8-17-21)20-4-2-19(3-5-20)7-12(13,14)15/h6,8H,2-5,7H2,1H3. The predicted octanol–water partition coefficient (Wildman–Crippen LogP) is 1.12. The molecule has 2 aromatic rings. The quantitative estimate of drug-likeness (QED) is 0.832. The van der Waals surface area contributed by atoms with Crippen molar-refractivity contribution in [2.45, 2.75) is 13.1 Å². The van der Waals surface area contributed by atoms with Crippen LogP contribution >= 0.6 is 0 Å². The lowest BCUT2D eigenvalue weighted by Gasteiger charge is -2.36. The molecule has 2 aromatic heterocycles. The zero-order valence-electron chi connectivity index (χ0n) is 11.5. The number of hydrogen-bond donors (Lipinski definition) is 0. The molecule has 0 radical (unpaired) electrons. The summed E-state index contributed by atoms with van der Waals surface area (Å²) < 4.78 is 38.8. The molecule has 114 valence electrons. The summed E-state index contributed by atoms with van der Waals surface area (Å²) in [4.78, 5) is 11.7. The molecule has 1 saturated heterocycles. The van der Waals surface area contributed by atoms with Gasteiger partial charge in [0.2, 0.25) is 0 Å². The van der Waals surface area contributed by atoms with Crippen LogP contribution in [0.2, 0.25) is 0 Å². The molecule has 9 heteroatoms. The van der Waals surface area contributed by atoms with Crippen LogP contribution in [-0.2, 0) is 0 Å². The van der Waals surface area contributed by atoms with Gasteiger partial charge in [-0.15, -0.1) is 0 Å². The van der Waals surface area contributed by atoms with Crippen molar-refractivity contribution >= 4 is 11.6 Å². The summed E-state index contributed by atoms with van der Waals surface area (Å²) in [7, 11) is 0. The molecule has 0 spiro atoms. The van der Waals surface area contributed by atoms with E-state index in [1.54, 1.807) is 4.52 Å². The van der Waals surface area contributed by atoms with Gasteiger partial charge in [0.1, 0.15) is 12.1 Å². The topological polar surface area (TPSA) is 49.6 Å². The molecule has 3 rings (SSSR count). The first kappa shape index (κ1) is 14.1. The molecular formula is C12H15F3N6. The average Bonchev–Trinajstić information content (AvgIpc) is 2.85. The van der Waals surface area contributed by atoms with E-state index in [1.807, 2.05) is 17.9 Å². The van der Waals surface area contributed by atoms with Crippen LogP contribution in [0.25, 0.3) is 5.78 Å². The Kier molecular flexibility index (Phi) is 3.44. The van der Waals surface area contributed by atoms with Gasteiger partial charge in [-0.25, -0.2) is 4.98 Å². The Labute approximate surface area is 119 Å². The summed E-state index contributed by atoms with van der Waals surface area (Å²) in [5.41, 5.74) is 0.809. The van der Waals surface area contributed by atoms with Crippen LogP contribution in [0.4, 0.5) is 19.0 Å². The highest BCUT2D eigenvalue weighted by atomic mass is 19.4. The summed E-state index contributed by atoms with van der Waals surface area (Å²) in [6.07, 6.45) is -2.72. The van der Waals surface area contributed by atoms with E-state index in [-0.39, 0.29) is 0 Å². The molecule has 0 amide bonds. The van der Waals surface area contributed by atoms with Gasteiger partial charge in [-0.2, -0.15) is 27.8 Å². The van der Waals surface area contributed by atoms with Gasteiger partial charge in [-0.3, -0.25) is 4.90 Å². The first-order valence-electron chi connectivity index (χ1n) is 6.64. The number of anilines is 1. The third-order valence-corrected chi connectivity index (χ3v) is 3.46. The minimum absolute atomic E-state index is 0.372. The number of nitrogens with zero attached hydrogens (tertiary/aromatic N) is 6. The first-order valence-corrected chi connectivity index (χ1v) is 6.64. The third-order valence-electron chi connectivity index (χ3n) is 3.46. The number of alkyl halides is 3. The SMILES string of the molecule is Cc1cc(N2CCN(CC(F)(F)F)CC2)n2ncnc2n1. The lowest BCUT2D eigenvalue weighted by Crippen LogP contribution is -2.49. The molecule has 0 unspecified atom stereocenters. The fourth-order valence-electron chi connectivity index (χ4n) is 2.53. The third kappa shape index (κ3) is 3.07. The van der Waals surface area contributed by atoms with Crippen molar-refractivity contribution in [3.8, 4) is 0 Å². The van der Waals surface area contributed by atoms with Crippen molar-refractivity contribution in [2.24, 2.45) is 0 Å². The van der Waals surface area contributed by atoms with E-state index >= 15 is 0 Å². The normalized spacial score (nSPS) is 17.6. The van der Waals surface area contributed by atoms with Crippen LogP contribution in [0.15, 0.2) is 12.4 Å². The Hall–Kier alpha value is -1.90. The van der Waals surface area contributed by atoms with Crippen LogP contribution in [0.3, 0.4) is 0 Å². The molecule has 1 fully saturated rings. The van der Waals surface area contributed by atoms with Gasteiger partial charge in [0.05, 0.1) is 6.54 Å². The molecular weight excluding hydrogens is 285 g/mol. The largest absolute Gasteiger partial charge is 0.401 e. The highest BCUT2D eigenvalue weighted by Crippen LogP contribution is 2.21. The molecule has 0 saturated carbocycles. The fourth-order valence-corrected chi connectivity index (χ4v) is 2.53. The number of halogens is 3. The monoisotopic (exact) mass is 300 g/mol. The van der Waals surface area contributed by atoms with E-state index in [9.17, 15) is 13.2 Å². The minimum Gasteiger partial charge on any atom is -0.354 e. The first-order chi connectivity index (χ1) is 9.92. The number of aromatic nitrogens is 4. The molecule has 0 aromatic carbocycles. The Balaban J connectivity index is 1.75. The van der Waals surface area contributed by atoms with E-state index < -0.39 is 12.7 Å². The summed E-state index contributed by atoms with van der Waals surface area (Å²) in [6.45, 7) is 2.80. The molecule has 0 atom stereocenters. The number of hydrogen-bond acceptors (Lipinski definition) is 5. The molecule has 0 aliphatic carbocycles. The van der Waals surface area contributed by atoms with Crippen LogP contribution in [-0.4, -0.2) is 63.4 Å². The van der Waals surface area contributed by atoms with Crippen LogP contribution < -0.4 is 4.90 Å². The van der Waals surface area contributed by atoms with Crippen LogP contribution in [0, 0.1) is 6.92 Å². The van der Waals surface area contributed by atoms with E-state index in [4.69, 9.17) is 0 Å². The van der Waals surface area contributed by atoms with E-state index in [0.717, 1.165) is 11.5 Å².